The van der Waals surface area contributed by atoms with E-state index in [-0.39, 0.29) is 5.97 Å². The van der Waals surface area contributed by atoms with E-state index < -0.39 is 5.60 Å². The number of hydrogen-bond acceptors (Lipinski definition) is 3. The second-order valence-corrected chi connectivity index (χ2v) is 5.82. The average Bonchev–Trinajstić information content (AvgIpc) is 2.27. The van der Waals surface area contributed by atoms with Crippen molar-refractivity contribution in [2.75, 3.05) is 11.9 Å². The molecule has 0 bridgehead atoms. The van der Waals surface area contributed by atoms with Crippen LogP contribution in [0, 0.1) is 6.92 Å². The lowest BCUT2D eigenvalue weighted by Crippen LogP contribution is -2.25. The van der Waals surface area contributed by atoms with Gasteiger partial charge in [0.2, 0.25) is 0 Å². The van der Waals surface area contributed by atoms with Gasteiger partial charge >= 0.3 is 5.97 Å². The SMILES string of the molecule is Cc1ccc(C(=O)OC(C)(C)C)c2c1CCCN2. The number of nitrogens with one attached hydrogen (secondary N) is 1. The van der Waals surface area contributed by atoms with Gasteiger partial charge in [-0.3, -0.25) is 0 Å². The van der Waals surface area contributed by atoms with Crippen LogP contribution < -0.4 is 5.32 Å². The standard InChI is InChI=1S/C15H21NO2/c1-10-7-8-12(14(17)18-15(2,3)4)13-11(10)6-5-9-16-13/h7-8,16H,5-6,9H2,1-4H3. The van der Waals surface area contributed by atoms with Crippen LogP contribution in [0.25, 0.3) is 0 Å². The Morgan fingerprint density at radius 1 is 1.33 bits per heavy atom. The summed E-state index contributed by atoms with van der Waals surface area (Å²) in [5.41, 5.74) is 3.67. The molecule has 0 amide bonds. The minimum absolute atomic E-state index is 0.242. The van der Waals surface area contributed by atoms with Crippen LogP contribution in [-0.2, 0) is 11.2 Å². The predicted octanol–water partition coefficient (Wildman–Crippen LogP) is 3.31. The van der Waals surface area contributed by atoms with Crippen molar-refractivity contribution in [2.24, 2.45) is 0 Å². The van der Waals surface area contributed by atoms with Crippen LogP contribution in [0.1, 0.15) is 48.7 Å². The summed E-state index contributed by atoms with van der Waals surface area (Å²) in [6.07, 6.45) is 2.15. The smallest absolute Gasteiger partial charge is 0.340 e. The fraction of sp³-hybridized carbons (Fsp3) is 0.533. The Balaban J connectivity index is 2.37. The largest absolute Gasteiger partial charge is 0.456 e. The van der Waals surface area contributed by atoms with E-state index in [2.05, 4.69) is 12.2 Å². The fourth-order valence-corrected chi connectivity index (χ4v) is 2.26. The van der Waals surface area contributed by atoms with Crippen LogP contribution in [0.2, 0.25) is 0 Å². The maximum absolute atomic E-state index is 12.2. The van der Waals surface area contributed by atoms with Gasteiger partial charge in [0.1, 0.15) is 5.60 Å². The molecule has 0 saturated heterocycles. The highest BCUT2D eigenvalue weighted by atomic mass is 16.6. The van der Waals surface area contributed by atoms with Gasteiger partial charge in [-0.05, 0) is 57.7 Å². The maximum atomic E-state index is 12.2. The number of carbonyl (C=O) groups is 1. The van der Waals surface area contributed by atoms with Gasteiger partial charge in [0.15, 0.2) is 0 Å². The molecule has 0 saturated carbocycles. The molecule has 18 heavy (non-hydrogen) atoms. The van der Waals surface area contributed by atoms with E-state index in [9.17, 15) is 4.79 Å². The number of fused-ring (bicyclic) bond motifs is 1. The first-order valence-electron chi connectivity index (χ1n) is 6.48. The monoisotopic (exact) mass is 247 g/mol. The van der Waals surface area contributed by atoms with Gasteiger partial charge in [0.05, 0.1) is 11.3 Å². The van der Waals surface area contributed by atoms with Gasteiger partial charge in [-0.15, -0.1) is 0 Å². The Bertz CT molecular complexity index is 472. The highest BCUT2D eigenvalue weighted by molar-refractivity contribution is 5.97. The lowest BCUT2D eigenvalue weighted by Gasteiger charge is -2.25. The van der Waals surface area contributed by atoms with Crippen LogP contribution in [0.5, 0.6) is 0 Å². The molecule has 0 aromatic heterocycles. The summed E-state index contributed by atoms with van der Waals surface area (Å²) < 4.78 is 5.45. The van der Waals surface area contributed by atoms with E-state index in [1.807, 2.05) is 32.9 Å². The number of rotatable bonds is 1. The lowest BCUT2D eigenvalue weighted by molar-refractivity contribution is 0.00705. The Morgan fingerprint density at radius 3 is 2.72 bits per heavy atom. The van der Waals surface area contributed by atoms with Gasteiger partial charge in [0.25, 0.3) is 0 Å². The average molecular weight is 247 g/mol. The molecule has 1 aromatic rings. The minimum Gasteiger partial charge on any atom is -0.456 e. The van der Waals surface area contributed by atoms with Gasteiger partial charge < -0.3 is 10.1 Å². The number of ether oxygens (including phenoxy) is 1. The predicted molar refractivity (Wildman–Crippen MR) is 73.2 cm³/mol. The van der Waals surface area contributed by atoms with Crippen molar-refractivity contribution < 1.29 is 9.53 Å². The molecule has 1 N–H and O–H groups in total. The van der Waals surface area contributed by atoms with Crippen molar-refractivity contribution in [3.8, 4) is 0 Å². The zero-order chi connectivity index (χ0) is 13.3. The van der Waals surface area contributed by atoms with Crippen molar-refractivity contribution in [1.29, 1.82) is 0 Å². The molecule has 0 fully saturated rings. The molecule has 0 spiro atoms. The molecular weight excluding hydrogens is 226 g/mol. The summed E-state index contributed by atoms with van der Waals surface area (Å²) >= 11 is 0. The molecule has 1 heterocycles. The zero-order valence-electron chi connectivity index (χ0n) is 11.6. The molecule has 0 radical (unpaired) electrons. The van der Waals surface area contributed by atoms with Crippen molar-refractivity contribution in [1.82, 2.24) is 0 Å². The number of carbonyl (C=O) groups excluding carboxylic acids is 1. The number of esters is 1. The summed E-state index contributed by atoms with van der Waals surface area (Å²) in [6, 6.07) is 3.87. The molecule has 0 atom stereocenters. The van der Waals surface area contributed by atoms with E-state index in [1.54, 1.807) is 0 Å². The first-order valence-corrected chi connectivity index (χ1v) is 6.48. The number of aryl methyl sites for hydroxylation is 1. The summed E-state index contributed by atoms with van der Waals surface area (Å²) in [7, 11) is 0. The Labute approximate surface area is 109 Å². The quantitative estimate of drug-likeness (QED) is 0.774. The van der Waals surface area contributed by atoms with Crippen LogP contribution in [0.15, 0.2) is 12.1 Å². The summed E-state index contributed by atoms with van der Waals surface area (Å²) in [4.78, 5) is 12.2. The highest BCUT2D eigenvalue weighted by Gasteiger charge is 2.23. The zero-order valence-corrected chi connectivity index (χ0v) is 11.6. The van der Waals surface area contributed by atoms with Crippen LogP contribution >= 0.6 is 0 Å². The van der Waals surface area contributed by atoms with Crippen molar-refractivity contribution in [3.63, 3.8) is 0 Å². The van der Waals surface area contributed by atoms with E-state index in [0.29, 0.717) is 5.56 Å². The third-order valence-electron chi connectivity index (χ3n) is 3.07. The third kappa shape index (κ3) is 2.66. The molecule has 98 valence electrons. The second-order valence-electron chi connectivity index (χ2n) is 5.82. The highest BCUT2D eigenvalue weighted by Crippen LogP contribution is 2.30. The first kappa shape index (κ1) is 12.9. The fourth-order valence-electron chi connectivity index (χ4n) is 2.26. The minimum atomic E-state index is -0.455. The van der Waals surface area contributed by atoms with Crippen molar-refractivity contribution >= 4 is 11.7 Å². The molecule has 1 aromatic carbocycles. The van der Waals surface area contributed by atoms with Crippen LogP contribution in [-0.4, -0.2) is 18.1 Å². The van der Waals surface area contributed by atoms with Crippen LogP contribution in [0.4, 0.5) is 5.69 Å². The number of benzene rings is 1. The molecule has 2 rings (SSSR count). The Morgan fingerprint density at radius 2 is 2.06 bits per heavy atom. The van der Waals surface area contributed by atoms with Gasteiger partial charge in [-0.2, -0.15) is 0 Å². The molecule has 3 nitrogen and oxygen atoms in total. The van der Waals surface area contributed by atoms with Crippen LogP contribution in [0.3, 0.4) is 0 Å². The van der Waals surface area contributed by atoms with Gasteiger partial charge in [-0.1, -0.05) is 6.07 Å². The summed E-state index contributed by atoms with van der Waals surface area (Å²) in [5, 5.41) is 3.34. The first-order chi connectivity index (χ1) is 8.38. The number of anilines is 1. The molecule has 3 heteroatoms. The third-order valence-corrected chi connectivity index (χ3v) is 3.07. The second kappa shape index (κ2) is 4.63. The molecule has 0 aliphatic carbocycles. The topological polar surface area (TPSA) is 38.3 Å². The van der Waals surface area contributed by atoms with Gasteiger partial charge in [0, 0.05) is 6.54 Å². The van der Waals surface area contributed by atoms with E-state index in [4.69, 9.17) is 4.74 Å². The maximum Gasteiger partial charge on any atom is 0.340 e. The van der Waals surface area contributed by atoms with Crippen molar-refractivity contribution in [2.45, 2.75) is 46.1 Å². The van der Waals surface area contributed by atoms with E-state index in [0.717, 1.165) is 25.1 Å². The van der Waals surface area contributed by atoms with E-state index in [1.165, 1.54) is 11.1 Å². The van der Waals surface area contributed by atoms with Crippen molar-refractivity contribution in [3.05, 3.63) is 28.8 Å². The van der Waals surface area contributed by atoms with Gasteiger partial charge in [-0.25, -0.2) is 4.79 Å². The molecule has 1 aliphatic rings. The molecule has 0 unspecified atom stereocenters. The Hall–Kier alpha value is -1.51. The van der Waals surface area contributed by atoms with E-state index >= 15 is 0 Å². The molecular formula is C15H21NO2. The molecule has 1 aliphatic heterocycles. The summed E-state index contributed by atoms with van der Waals surface area (Å²) in [6.45, 7) is 8.67. The Kier molecular flexibility index (Phi) is 3.33. The summed E-state index contributed by atoms with van der Waals surface area (Å²) in [5.74, 6) is -0.242. The normalized spacial score (nSPS) is 14.7. The lowest BCUT2D eigenvalue weighted by atomic mass is 9.95. The number of hydrogen-bond donors (Lipinski definition) is 1.